The average molecular weight is 473 g/mol. The molecule has 0 saturated heterocycles. The molecule has 0 saturated carbocycles. The van der Waals surface area contributed by atoms with Crippen molar-refractivity contribution in [2.45, 2.75) is 59.3 Å². The Morgan fingerprint density at radius 1 is 0.969 bits per heavy atom. The van der Waals surface area contributed by atoms with E-state index in [1.165, 1.54) is 0 Å². The van der Waals surface area contributed by atoms with E-state index in [2.05, 4.69) is 33.6 Å². The zero-order valence-corrected chi connectivity index (χ0v) is 20.2. The van der Waals surface area contributed by atoms with Crippen LogP contribution in [0.25, 0.3) is 0 Å². The highest BCUT2D eigenvalue weighted by Crippen LogP contribution is 2.54. The molecule has 1 aliphatic heterocycles. The minimum absolute atomic E-state index is 0.00895. The van der Waals surface area contributed by atoms with E-state index in [0.29, 0.717) is 53.9 Å². The van der Waals surface area contributed by atoms with Crippen molar-refractivity contribution in [1.29, 1.82) is 0 Å². The maximum absolute atomic E-state index is 13.3. The Morgan fingerprint density at radius 2 is 1.44 bits per heavy atom. The fourth-order valence-electron chi connectivity index (χ4n) is 5.01. The molecule has 0 N–H and O–H groups in total. The van der Waals surface area contributed by atoms with Crippen molar-refractivity contribution in [2.24, 2.45) is 10.8 Å². The lowest BCUT2D eigenvalue weighted by molar-refractivity contribution is -0.120. The van der Waals surface area contributed by atoms with Crippen molar-refractivity contribution in [3.8, 4) is 18.1 Å². The Hall–Kier alpha value is -2.22. The quantitative estimate of drug-likeness (QED) is 0.477. The third-order valence-electron chi connectivity index (χ3n) is 6.24. The van der Waals surface area contributed by atoms with Crippen LogP contribution in [0, 0.1) is 23.2 Å². The number of benzene rings is 1. The highest BCUT2D eigenvalue weighted by atomic mass is 35.5. The van der Waals surface area contributed by atoms with Gasteiger partial charge in [0.05, 0.1) is 10.0 Å². The number of carbonyl (C=O) groups is 2. The van der Waals surface area contributed by atoms with E-state index in [4.69, 9.17) is 39.1 Å². The summed E-state index contributed by atoms with van der Waals surface area (Å²) in [6, 6.07) is 3.43. The van der Waals surface area contributed by atoms with Crippen LogP contribution >= 0.6 is 23.2 Å². The molecule has 2 aliphatic carbocycles. The number of hydrogen-bond acceptors (Lipinski definition) is 4. The second-order valence-electron chi connectivity index (χ2n) is 10.4. The molecule has 0 aromatic heterocycles. The molecule has 0 atom stereocenters. The summed E-state index contributed by atoms with van der Waals surface area (Å²) in [6.45, 7) is 8.24. The highest BCUT2D eigenvalue weighted by molar-refractivity contribution is 6.37. The van der Waals surface area contributed by atoms with Crippen LogP contribution in [0.2, 0.25) is 10.0 Å². The molecule has 0 spiro atoms. The summed E-state index contributed by atoms with van der Waals surface area (Å²) in [4.78, 5) is 26.7. The fraction of sp³-hybridized carbons (Fsp3) is 0.462. The Kier molecular flexibility index (Phi) is 5.72. The van der Waals surface area contributed by atoms with Gasteiger partial charge >= 0.3 is 0 Å². The number of ether oxygens (including phenoxy) is 2. The highest BCUT2D eigenvalue weighted by Gasteiger charge is 2.48. The van der Waals surface area contributed by atoms with Crippen LogP contribution in [0.3, 0.4) is 0 Å². The fourth-order valence-corrected chi connectivity index (χ4v) is 5.62. The van der Waals surface area contributed by atoms with Gasteiger partial charge in [-0.2, -0.15) is 0 Å². The zero-order chi connectivity index (χ0) is 23.4. The SMILES string of the molecule is C#CCOc1c(Cl)cc(C2C3=C(CC(C)(C)CC3=O)OC3=C2C(=O)CC(C)(C)C3)cc1Cl. The molecule has 1 aromatic carbocycles. The summed E-state index contributed by atoms with van der Waals surface area (Å²) in [5.74, 6) is 3.41. The van der Waals surface area contributed by atoms with E-state index < -0.39 is 5.92 Å². The molecule has 4 rings (SSSR count). The second kappa shape index (κ2) is 7.97. The molecule has 168 valence electrons. The standard InChI is InChI=1S/C26H26Cl2O4/c1-6-7-31-24-15(27)8-14(9-16(24)28)21-22-17(29)10-25(2,3)12-19(22)32-20-13-26(4,5)11-18(30)23(20)21/h1,8-9,21H,7,10-13H2,2-5H3. The summed E-state index contributed by atoms with van der Waals surface area (Å²) >= 11 is 13.0. The van der Waals surface area contributed by atoms with Crippen LogP contribution in [0.5, 0.6) is 5.75 Å². The van der Waals surface area contributed by atoms with Crippen molar-refractivity contribution >= 4 is 34.8 Å². The lowest BCUT2D eigenvalue weighted by Gasteiger charge is -2.42. The summed E-state index contributed by atoms with van der Waals surface area (Å²) < 4.78 is 11.8. The van der Waals surface area contributed by atoms with Crippen LogP contribution < -0.4 is 4.74 Å². The molecular weight excluding hydrogens is 447 g/mol. The second-order valence-corrected chi connectivity index (χ2v) is 11.2. The van der Waals surface area contributed by atoms with E-state index in [9.17, 15) is 9.59 Å². The van der Waals surface area contributed by atoms with Crippen molar-refractivity contribution in [3.05, 3.63) is 50.4 Å². The van der Waals surface area contributed by atoms with Gasteiger partial charge in [-0.1, -0.05) is 56.8 Å². The topological polar surface area (TPSA) is 52.6 Å². The van der Waals surface area contributed by atoms with E-state index in [-0.39, 0.29) is 44.8 Å². The van der Waals surface area contributed by atoms with Gasteiger partial charge in [0, 0.05) is 42.7 Å². The van der Waals surface area contributed by atoms with Crippen molar-refractivity contribution in [3.63, 3.8) is 0 Å². The molecule has 4 nitrogen and oxygen atoms in total. The minimum Gasteiger partial charge on any atom is -0.478 e. The number of hydrogen-bond donors (Lipinski definition) is 0. The average Bonchev–Trinajstić information content (AvgIpc) is 2.63. The normalized spacial score (nSPS) is 22.2. The maximum Gasteiger partial charge on any atom is 0.163 e. The summed E-state index contributed by atoms with van der Waals surface area (Å²) in [5, 5.41) is 0.566. The number of terminal acetylenes is 1. The molecule has 0 fully saturated rings. The zero-order valence-electron chi connectivity index (χ0n) is 18.7. The molecular formula is C26H26Cl2O4. The van der Waals surface area contributed by atoms with E-state index >= 15 is 0 Å². The maximum atomic E-state index is 13.3. The minimum atomic E-state index is -0.558. The van der Waals surface area contributed by atoms with E-state index in [1.54, 1.807) is 12.1 Å². The van der Waals surface area contributed by atoms with Gasteiger partial charge < -0.3 is 9.47 Å². The van der Waals surface area contributed by atoms with Gasteiger partial charge in [0.15, 0.2) is 17.3 Å². The first-order valence-corrected chi connectivity index (χ1v) is 11.4. The van der Waals surface area contributed by atoms with E-state index in [0.717, 1.165) is 0 Å². The van der Waals surface area contributed by atoms with Gasteiger partial charge in [0.1, 0.15) is 18.1 Å². The first kappa shape index (κ1) is 23.0. The van der Waals surface area contributed by atoms with Crippen LogP contribution in [-0.2, 0) is 14.3 Å². The molecule has 0 radical (unpaired) electrons. The number of halogens is 2. The first-order chi connectivity index (χ1) is 14.9. The predicted octanol–water partition coefficient (Wildman–Crippen LogP) is 6.41. The number of Topliss-reactive ketones (excluding diaryl/α,β-unsaturated/α-hetero) is 2. The smallest absolute Gasteiger partial charge is 0.163 e. The lowest BCUT2D eigenvalue weighted by Crippen LogP contribution is -2.37. The lowest BCUT2D eigenvalue weighted by atomic mass is 9.65. The van der Waals surface area contributed by atoms with Gasteiger partial charge in [-0.3, -0.25) is 9.59 Å². The molecule has 0 amide bonds. The Balaban J connectivity index is 1.90. The molecule has 1 aromatic rings. The number of rotatable bonds is 3. The Morgan fingerprint density at radius 3 is 1.88 bits per heavy atom. The summed E-state index contributed by atoms with van der Waals surface area (Å²) in [7, 11) is 0. The van der Waals surface area contributed by atoms with Crippen LogP contribution in [0.4, 0.5) is 0 Å². The molecule has 0 bridgehead atoms. The third kappa shape index (κ3) is 4.09. The molecule has 6 heteroatoms. The Labute approximate surface area is 198 Å². The molecule has 1 heterocycles. The first-order valence-electron chi connectivity index (χ1n) is 10.7. The van der Waals surface area contributed by atoms with Crippen molar-refractivity contribution in [2.75, 3.05) is 6.61 Å². The van der Waals surface area contributed by atoms with E-state index in [1.807, 2.05) is 0 Å². The van der Waals surface area contributed by atoms with Gasteiger partial charge in [-0.15, -0.1) is 6.42 Å². The van der Waals surface area contributed by atoms with Crippen LogP contribution in [0.15, 0.2) is 34.8 Å². The Bertz CT molecular complexity index is 1060. The van der Waals surface area contributed by atoms with Gasteiger partial charge in [0.2, 0.25) is 0 Å². The van der Waals surface area contributed by atoms with Crippen molar-refractivity contribution < 1.29 is 19.1 Å². The monoisotopic (exact) mass is 472 g/mol. The summed E-state index contributed by atoms with van der Waals surface area (Å²) in [5.41, 5.74) is 1.34. The van der Waals surface area contributed by atoms with Gasteiger partial charge in [-0.05, 0) is 28.5 Å². The predicted molar refractivity (Wildman–Crippen MR) is 125 cm³/mol. The van der Waals surface area contributed by atoms with Crippen molar-refractivity contribution in [1.82, 2.24) is 0 Å². The van der Waals surface area contributed by atoms with Gasteiger partial charge in [0.25, 0.3) is 0 Å². The summed E-state index contributed by atoms with van der Waals surface area (Å²) in [6.07, 6.45) is 7.31. The van der Waals surface area contributed by atoms with Crippen LogP contribution in [0.1, 0.15) is 64.9 Å². The number of allylic oxidation sites excluding steroid dienone is 4. The number of carbonyl (C=O) groups excluding carboxylic acids is 2. The number of ketones is 2. The molecule has 32 heavy (non-hydrogen) atoms. The largest absolute Gasteiger partial charge is 0.478 e. The van der Waals surface area contributed by atoms with Gasteiger partial charge in [-0.25, -0.2) is 0 Å². The molecule has 3 aliphatic rings. The molecule has 0 unspecified atom stereocenters. The van der Waals surface area contributed by atoms with Crippen LogP contribution in [-0.4, -0.2) is 18.2 Å². The third-order valence-corrected chi connectivity index (χ3v) is 6.80.